The number of carbonyl (C=O) groups excluding carboxylic acids is 1. The largest absolute Gasteiger partial charge is 0.484 e. The summed E-state index contributed by atoms with van der Waals surface area (Å²) >= 11 is 7.56. The van der Waals surface area contributed by atoms with Gasteiger partial charge in [-0.3, -0.25) is 9.69 Å². The second-order valence-electron chi connectivity index (χ2n) is 6.57. The molecule has 6 heteroatoms. The van der Waals surface area contributed by atoms with Crippen LogP contribution in [0.25, 0.3) is 0 Å². The van der Waals surface area contributed by atoms with Crippen molar-refractivity contribution in [3.63, 3.8) is 0 Å². The van der Waals surface area contributed by atoms with Gasteiger partial charge in [-0.15, -0.1) is 0 Å². The lowest BCUT2D eigenvalue weighted by atomic mass is 10.1. The molecule has 1 aliphatic rings. The molecule has 1 fully saturated rings. The maximum Gasteiger partial charge on any atom is 0.258 e. The van der Waals surface area contributed by atoms with E-state index in [1.165, 1.54) is 31.2 Å². The number of amides is 1. The van der Waals surface area contributed by atoms with Crippen LogP contribution in [0.5, 0.6) is 5.75 Å². The molecule has 26 heavy (non-hydrogen) atoms. The number of likely N-dealkylation sites (tertiary alicyclic amines) is 1. The van der Waals surface area contributed by atoms with Crippen molar-refractivity contribution in [2.75, 3.05) is 26.2 Å². The smallest absolute Gasteiger partial charge is 0.258 e. The van der Waals surface area contributed by atoms with Crippen LogP contribution in [0.1, 0.15) is 37.3 Å². The van der Waals surface area contributed by atoms with E-state index in [1.54, 1.807) is 35.6 Å². The Balaban J connectivity index is 1.53. The van der Waals surface area contributed by atoms with Crippen molar-refractivity contribution in [1.29, 1.82) is 0 Å². The Bertz CT molecular complexity index is 668. The first-order valence-electron chi connectivity index (χ1n) is 9.13. The molecule has 1 N–H and O–H groups in total. The van der Waals surface area contributed by atoms with Gasteiger partial charge in [-0.05, 0) is 72.6 Å². The molecule has 0 spiro atoms. The van der Waals surface area contributed by atoms with E-state index in [9.17, 15) is 4.79 Å². The quantitative estimate of drug-likeness (QED) is 0.753. The summed E-state index contributed by atoms with van der Waals surface area (Å²) in [6, 6.07) is 9.43. The van der Waals surface area contributed by atoms with Gasteiger partial charge in [0.25, 0.3) is 5.91 Å². The van der Waals surface area contributed by atoms with Gasteiger partial charge in [0.15, 0.2) is 6.61 Å². The zero-order valence-corrected chi connectivity index (χ0v) is 16.4. The predicted octanol–water partition coefficient (Wildman–Crippen LogP) is 4.51. The summed E-state index contributed by atoms with van der Waals surface area (Å²) in [5.74, 6) is 0.543. The lowest BCUT2D eigenvalue weighted by Gasteiger charge is -2.30. The van der Waals surface area contributed by atoms with Gasteiger partial charge in [0, 0.05) is 11.6 Å². The molecule has 3 rings (SSSR count). The molecular formula is C20H25ClN2O2S. The van der Waals surface area contributed by atoms with Gasteiger partial charge in [0.1, 0.15) is 5.75 Å². The average molecular weight is 393 g/mol. The maximum absolute atomic E-state index is 12.2. The van der Waals surface area contributed by atoms with Crippen LogP contribution in [0.15, 0.2) is 41.1 Å². The van der Waals surface area contributed by atoms with Crippen LogP contribution in [0.4, 0.5) is 0 Å². The Labute approximate surface area is 164 Å². The summed E-state index contributed by atoms with van der Waals surface area (Å²) in [6.07, 6.45) is 5.06. The second-order valence-corrected chi connectivity index (χ2v) is 7.79. The van der Waals surface area contributed by atoms with Crippen LogP contribution in [-0.4, -0.2) is 37.0 Å². The minimum absolute atomic E-state index is 0.0119. The number of thiophene rings is 1. The summed E-state index contributed by atoms with van der Waals surface area (Å²) in [5, 5.41) is 7.98. The molecule has 0 bridgehead atoms. The minimum Gasteiger partial charge on any atom is -0.484 e. The van der Waals surface area contributed by atoms with E-state index in [0.717, 1.165) is 13.1 Å². The van der Waals surface area contributed by atoms with Gasteiger partial charge in [-0.2, -0.15) is 11.3 Å². The number of nitrogens with zero attached hydrogens (tertiary/aromatic N) is 1. The third-order valence-electron chi connectivity index (χ3n) is 4.69. The topological polar surface area (TPSA) is 41.6 Å². The number of hydrogen-bond acceptors (Lipinski definition) is 4. The minimum atomic E-state index is -0.102. The molecule has 0 radical (unpaired) electrons. The summed E-state index contributed by atoms with van der Waals surface area (Å²) in [7, 11) is 0. The Morgan fingerprint density at radius 1 is 1.15 bits per heavy atom. The predicted molar refractivity (Wildman–Crippen MR) is 107 cm³/mol. The molecule has 1 amide bonds. The number of rotatable bonds is 7. The van der Waals surface area contributed by atoms with Crippen LogP contribution in [0.2, 0.25) is 5.02 Å². The summed E-state index contributed by atoms with van der Waals surface area (Å²) in [5.41, 5.74) is 1.29. The molecule has 0 aliphatic carbocycles. The zero-order valence-electron chi connectivity index (χ0n) is 14.8. The van der Waals surface area contributed by atoms with Gasteiger partial charge in [-0.25, -0.2) is 0 Å². The first-order valence-corrected chi connectivity index (χ1v) is 10.5. The van der Waals surface area contributed by atoms with Crippen LogP contribution in [-0.2, 0) is 4.79 Å². The van der Waals surface area contributed by atoms with Gasteiger partial charge in [-0.1, -0.05) is 24.4 Å². The normalized spacial score (nSPS) is 16.7. The summed E-state index contributed by atoms with van der Waals surface area (Å²) in [6.45, 7) is 2.81. The first kappa shape index (κ1) is 19.2. The Morgan fingerprint density at radius 2 is 1.88 bits per heavy atom. The molecule has 0 saturated carbocycles. The SMILES string of the molecule is O=C(COc1ccc(Cl)cc1)NC[C@H](c1ccsc1)N1CCCCCC1. The first-order chi connectivity index (χ1) is 12.7. The molecule has 1 atom stereocenters. The molecule has 4 nitrogen and oxygen atoms in total. The zero-order chi connectivity index (χ0) is 18.2. The van der Waals surface area contributed by atoms with E-state index in [2.05, 4.69) is 27.0 Å². The number of benzene rings is 1. The molecule has 2 heterocycles. The second kappa shape index (κ2) is 9.95. The molecule has 0 unspecified atom stereocenters. The molecule has 1 aliphatic heterocycles. The van der Waals surface area contributed by atoms with Gasteiger partial charge < -0.3 is 10.1 Å². The number of hydrogen-bond donors (Lipinski definition) is 1. The van der Waals surface area contributed by atoms with Crippen molar-refractivity contribution in [2.45, 2.75) is 31.7 Å². The Hall–Kier alpha value is -1.56. The van der Waals surface area contributed by atoms with Gasteiger partial charge in [0.2, 0.25) is 0 Å². The van der Waals surface area contributed by atoms with E-state index < -0.39 is 0 Å². The summed E-state index contributed by atoms with van der Waals surface area (Å²) in [4.78, 5) is 14.7. The fourth-order valence-electron chi connectivity index (χ4n) is 3.27. The number of ether oxygens (including phenoxy) is 1. The number of halogens is 1. The highest BCUT2D eigenvalue weighted by molar-refractivity contribution is 7.07. The van der Waals surface area contributed by atoms with E-state index in [0.29, 0.717) is 17.3 Å². The van der Waals surface area contributed by atoms with Crippen molar-refractivity contribution in [3.8, 4) is 5.75 Å². The highest BCUT2D eigenvalue weighted by Crippen LogP contribution is 2.25. The van der Waals surface area contributed by atoms with E-state index >= 15 is 0 Å². The molecule has 2 aromatic rings. The number of nitrogens with one attached hydrogen (secondary N) is 1. The fourth-order valence-corrected chi connectivity index (χ4v) is 4.10. The lowest BCUT2D eigenvalue weighted by Crippen LogP contribution is -2.40. The molecule has 140 valence electrons. The average Bonchev–Trinajstić information content (AvgIpc) is 3.04. The van der Waals surface area contributed by atoms with Crippen molar-refractivity contribution >= 4 is 28.8 Å². The van der Waals surface area contributed by atoms with Gasteiger partial charge >= 0.3 is 0 Å². The molecule has 1 aromatic carbocycles. The Morgan fingerprint density at radius 3 is 2.54 bits per heavy atom. The van der Waals surface area contributed by atoms with Crippen molar-refractivity contribution in [2.24, 2.45) is 0 Å². The monoisotopic (exact) mass is 392 g/mol. The number of carbonyl (C=O) groups is 1. The lowest BCUT2D eigenvalue weighted by molar-refractivity contribution is -0.123. The summed E-state index contributed by atoms with van der Waals surface area (Å²) < 4.78 is 5.53. The fraction of sp³-hybridized carbons (Fsp3) is 0.450. The van der Waals surface area contributed by atoms with Crippen LogP contribution < -0.4 is 10.1 Å². The van der Waals surface area contributed by atoms with E-state index in [4.69, 9.17) is 16.3 Å². The molecule has 1 aromatic heterocycles. The van der Waals surface area contributed by atoms with Crippen LogP contribution in [0.3, 0.4) is 0 Å². The highest BCUT2D eigenvalue weighted by atomic mass is 35.5. The van der Waals surface area contributed by atoms with Crippen LogP contribution >= 0.6 is 22.9 Å². The molecular weight excluding hydrogens is 368 g/mol. The third-order valence-corrected chi connectivity index (χ3v) is 5.64. The van der Waals surface area contributed by atoms with E-state index in [-0.39, 0.29) is 18.6 Å². The van der Waals surface area contributed by atoms with Crippen molar-refractivity contribution < 1.29 is 9.53 Å². The van der Waals surface area contributed by atoms with Gasteiger partial charge in [0.05, 0.1) is 6.04 Å². The van der Waals surface area contributed by atoms with Crippen molar-refractivity contribution in [1.82, 2.24) is 10.2 Å². The standard InChI is InChI=1S/C20H25ClN2O2S/c21-17-5-7-18(8-6-17)25-14-20(24)22-13-19(16-9-12-26-15-16)23-10-3-1-2-4-11-23/h5-9,12,15,19H,1-4,10-11,13-14H2,(H,22,24)/t19-/m1/s1. The third kappa shape index (κ3) is 5.73. The van der Waals surface area contributed by atoms with Crippen molar-refractivity contribution in [3.05, 3.63) is 51.7 Å². The van der Waals surface area contributed by atoms with E-state index in [1.807, 2.05) is 0 Å². The van der Waals surface area contributed by atoms with Crippen LogP contribution in [0, 0.1) is 0 Å². The highest BCUT2D eigenvalue weighted by Gasteiger charge is 2.22. The molecule has 1 saturated heterocycles. The maximum atomic E-state index is 12.2. The Kier molecular flexibility index (Phi) is 7.35.